The Morgan fingerprint density at radius 2 is 2.25 bits per heavy atom. The Morgan fingerprint density at radius 1 is 1.38 bits per heavy atom. The summed E-state index contributed by atoms with van der Waals surface area (Å²) in [4.78, 5) is 20.5. The lowest BCUT2D eigenvalue weighted by Gasteiger charge is -2.48. The first-order valence-electron chi connectivity index (χ1n) is 8.76. The summed E-state index contributed by atoms with van der Waals surface area (Å²) >= 11 is 0. The third-order valence-corrected chi connectivity index (χ3v) is 5.22. The molecule has 6 heteroatoms. The van der Waals surface area contributed by atoms with Crippen molar-refractivity contribution in [1.82, 2.24) is 9.88 Å². The molecule has 24 heavy (non-hydrogen) atoms. The number of aromatic nitrogens is 1. The van der Waals surface area contributed by atoms with Gasteiger partial charge in [0.1, 0.15) is 0 Å². The van der Waals surface area contributed by atoms with E-state index in [4.69, 9.17) is 4.74 Å². The lowest BCUT2D eigenvalue weighted by Crippen LogP contribution is -2.54. The fourth-order valence-electron chi connectivity index (χ4n) is 4.04. The molecule has 0 aromatic carbocycles. The summed E-state index contributed by atoms with van der Waals surface area (Å²) in [7, 11) is 1.68. The predicted molar refractivity (Wildman–Crippen MR) is 90.4 cm³/mol. The van der Waals surface area contributed by atoms with Crippen molar-refractivity contribution in [1.29, 1.82) is 0 Å². The Morgan fingerprint density at radius 3 is 3.04 bits per heavy atom. The maximum absolute atomic E-state index is 14.1. The normalized spacial score (nSPS) is 24.7. The maximum atomic E-state index is 14.1. The van der Waals surface area contributed by atoms with E-state index in [2.05, 4.69) is 9.88 Å². The van der Waals surface area contributed by atoms with Crippen molar-refractivity contribution in [3.63, 3.8) is 0 Å². The number of ether oxygens (including phenoxy) is 1. The minimum Gasteiger partial charge on any atom is -0.385 e. The van der Waals surface area contributed by atoms with Crippen LogP contribution in [0, 0.1) is 11.2 Å². The monoisotopic (exact) mass is 335 g/mol. The first-order chi connectivity index (χ1) is 11.6. The van der Waals surface area contributed by atoms with Gasteiger partial charge in [-0.2, -0.15) is 0 Å². The number of nitrogens with zero attached hydrogens (tertiary/aromatic N) is 3. The first-order valence-corrected chi connectivity index (χ1v) is 8.76. The molecule has 2 aliphatic heterocycles. The lowest BCUT2D eigenvalue weighted by molar-refractivity contribution is -0.138. The number of carbonyl (C=O) groups excluding carboxylic acids is 1. The quantitative estimate of drug-likeness (QED) is 0.776. The van der Waals surface area contributed by atoms with Crippen LogP contribution in [0.3, 0.4) is 0 Å². The molecular weight excluding hydrogens is 309 g/mol. The second-order valence-corrected chi connectivity index (χ2v) is 7.00. The van der Waals surface area contributed by atoms with Gasteiger partial charge in [-0.1, -0.05) is 0 Å². The van der Waals surface area contributed by atoms with Crippen LogP contribution in [0.5, 0.6) is 0 Å². The van der Waals surface area contributed by atoms with Crippen molar-refractivity contribution in [2.45, 2.75) is 32.1 Å². The highest BCUT2D eigenvalue weighted by Crippen LogP contribution is 2.40. The number of piperidine rings is 2. The number of hydrogen-bond donors (Lipinski definition) is 0. The summed E-state index contributed by atoms with van der Waals surface area (Å²) in [6.07, 6.45) is 6.07. The molecule has 0 N–H and O–H groups in total. The van der Waals surface area contributed by atoms with Crippen LogP contribution in [0.4, 0.5) is 10.2 Å². The highest BCUT2D eigenvalue weighted by molar-refractivity contribution is 5.77. The number of anilines is 1. The van der Waals surface area contributed by atoms with E-state index in [9.17, 15) is 9.18 Å². The molecule has 0 aliphatic carbocycles. The Hall–Kier alpha value is -1.69. The molecule has 2 fully saturated rings. The average Bonchev–Trinajstić information content (AvgIpc) is 2.59. The molecule has 0 bridgehead atoms. The fraction of sp³-hybridized carbons (Fsp3) is 0.667. The molecule has 1 atom stereocenters. The zero-order valence-corrected chi connectivity index (χ0v) is 14.3. The summed E-state index contributed by atoms with van der Waals surface area (Å²) in [5, 5.41) is 0. The third kappa shape index (κ3) is 3.69. The number of methoxy groups -OCH3 is 1. The largest absolute Gasteiger partial charge is 0.385 e. The molecule has 2 saturated heterocycles. The molecule has 1 amide bonds. The second-order valence-electron chi connectivity index (χ2n) is 7.00. The van der Waals surface area contributed by atoms with Gasteiger partial charge in [0.15, 0.2) is 11.6 Å². The molecule has 0 radical (unpaired) electrons. The Kier molecular flexibility index (Phi) is 5.33. The van der Waals surface area contributed by atoms with Gasteiger partial charge in [-0.05, 0) is 37.8 Å². The standard InChI is InChI=1S/C18H26FN3O2/c1-24-12-4-11-21-13-18(8-6-16(21)23)7-3-10-22(14-18)17-15(19)5-2-9-20-17/h2,5,9H,3-4,6-8,10-14H2,1H3. The van der Waals surface area contributed by atoms with Crippen molar-refractivity contribution in [3.05, 3.63) is 24.1 Å². The molecule has 5 nitrogen and oxygen atoms in total. The smallest absolute Gasteiger partial charge is 0.222 e. The molecule has 1 unspecified atom stereocenters. The number of pyridine rings is 1. The fourth-order valence-corrected chi connectivity index (χ4v) is 4.04. The average molecular weight is 335 g/mol. The van der Waals surface area contributed by atoms with E-state index in [1.807, 2.05) is 4.90 Å². The minimum absolute atomic E-state index is 0.0587. The summed E-state index contributed by atoms with van der Waals surface area (Å²) in [5.41, 5.74) is 0.0587. The number of rotatable bonds is 5. The topological polar surface area (TPSA) is 45.7 Å². The van der Waals surface area contributed by atoms with Crippen LogP contribution in [0.15, 0.2) is 18.3 Å². The molecule has 1 spiro atoms. The Labute approximate surface area is 142 Å². The zero-order valence-electron chi connectivity index (χ0n) is 14.3. The van der Waals surface area contributed by atoms with Crippen LogP contribution < -0.4 is 4.90 Å². The van der Waals surface area contributed by atoms with Crippen LogP contribution in [-0.2, 0) is 9.53 Å². The van der Waals surface area contributed by atoms with Crippen LogP contribution in [0.25, 0.3) is 0 Å². The zero-order chi connectivity index (χ0) is 17.0. The van der Waals surface area contributed by atoms with Gasteiger partial charge < -0.3 is 14.5 Å². The molecule has 0 saturated carbocycles. The van der Waals surface area contributed by atoms with Crippen molar-refractivity contribution >= 4 is 11.7 Å². The Balaban J connectivity index is 1.70. The number of halogens is 1. The van der Waals surface area contributed by atoms with Crippen LogP contribution in [-0.4, -0.2) is 55.7 Å². The molecule has 1 aromatic heterocycles. The number of hydrogen-bond acceptors (Lipinski definition) is 4. The summed E-state index contributed by atoms with van der Waals surface area (Å²) in [5.74, 6) is 0.413. The van der Waals surface area contributed by atoms with Gasteiger partial charge in [0.05, 0.1) is 0 Å². The highest BCUT2D eigenvalue weighted by atomic mass is 19.1. The summed E-state index contributed by atoms with van der Waals surface area (Å²) in [6, 6.07) is 3.08. The van der Waals surface area contributed by atoms with E-state index in [0.29, 0.717) is 18.8 Å². The SMILES string of the molecule is COCCCN1CC2(CCCN(c3ncccc3F)C2)CCC1=O. The van der Waals surface area contributed by atoms with E-state index >= 15 is 0 Å². The lowest BCUT2D eigenvalue weighted by atomic mass is 9.73. The maximum Gasteiger partial charge on any atom is 0.222 e. The molecule has 1 aromatic rings. The van der Waals surface area contributed by atoms with Gasteiger partial charge in [-0.15, -0.1) is 0 Å². The second kappa shape index (κ2) is 7.47. The van der Waals surface area contributed by atoms with Gasteiger partial charge >= 0.3 is 0 Å². The summed E-state index contributed by atoms with van der Waals surface area (Å²) < 4.78 is 19.2. The van der Waals surface area contributed by atoms with Crippen LogP contribution >= 0.6 is 0 Å². The highest BCUT2D eigenvalue weighted by Gasteiger charge is 2.42. The van der Waals surface area contributed by atoms with Gasteiger partial charge in [0.25, 0.3) is 0 Å². The van der Waals surface area contributed by atoms with Gasteiger partial charge in [0, 0.05) is 57.9 Å². The minimum atomic E-state index is -0.265. The van der Waals surface area contributed by atoms with Crippen molar-refractivity contribution in [2.75, 3.05) is 44.8 Å². The van der Waals surface area contributed by atoms with Crippen LogP contribution in [0.1, 0.15) is 32.1 Å². The van der Waals surface area contributed by atoms with Crippen molar-refractivity contribution < 1.29 is 13.9 Å². The molecule has 3 rings (SSSR count). The first kappa shape index (κ1) is 17.1. The third-order valence-electron chi connectivity index (χ3n) is 5.22. The molecule has 132 valence electrons. The van der Waals surface area contributed by atoms with E-state index in [1.54, 1.807) is 19.4 Å². The molecule has 2 aliphatic rings. The number of likely N-dealkylation sites (tertiary alicyclic amines) is 1. The number of amides is 1. The van der Waals surface area contributed by atoms with E-state index in [0.717, 1.165) is 51.9 Å². The Bertz CT molecular complexity index is 583. The van der Waals surface area contributed by atoms with Gasteiger partial charge in [-0.3, -0.25) is 4.79 Å². The molecule has 3 heterocycles. The van der Waals surface area contributed by atoms with Crippen LogP contribution in [0.2, 0.25) is 0 Å². The predicted octanol–water partition coefficient (Wildman–Crippen LogP) is 2.47. The molecular formula is C18H26FN3O2. The van der Waals surface area contributed by atoms with Crippen molar-refractivity contribution in [2.24, 2.45) is 5.41 Å². The van der Waals surface area contributed by atoms with Gasteiger partial charge in [-0.25, -0.2) is 9.37 Å². The summed E-state index contributed by atoms with van der Waals surface area (Å²) in [6.45, 7) is 3.78. The van der Waals surface area contributed by atoms with Crippen molar-refractivity contribution in [3.8, 4) is 0 Å². The van der Waals surface area contributed by atoms with E-state index < -0.39 is 0 Å². The number of carbonyl (C=O) groups is 1. The van der Waals surface area contributed by atoms with E-state index in [1.165, 1.54) is 6.07 Å². The van der Waals surface area contributed by atoms with E-state index in [-0.39, 0.29) is 17.1 Å². The van der Waals surface area contributed by atoms with Gasteiger partial charge in [0.2, 0.25) is 5.91 Å².